The number of nitrogens with zero attached hydrogens (tertiary/aromatic N) is 4. The molecule has 0 fully saturated rings. The summed E-state index contributed by atoms with van der Waals surface area (Å²) in [7, 11) is 0. The molecule has 0 unspecified atom stereocenters. The lowest BCUT2D eigenvalue weighted by atomic mass is 10.2. The van der Waals surface area contributed by atoms with Crippen LogP contribution in [0.15, 0.2) is 36.7 Å². The number of nitriles is 1. The van der Waals surface area contributed by atoms with E-state index in [0.29, 0.717) is 56.9 Å². The van der Waals surface area contributed by atoms with Crippen molar-refractivity contribution in [1.29, 1.82) is 5.26 Å². The highest BCUT2D eigenvalue weighted by atomic mass is 35.5. The van der Waals surface area contributed by atoms with Crippen LogP contribution in [0.3, 0.4) is 0 Å². The van der Waals surface area contributed by atoms with E-state index in [1.54, 1.807) is 22.8 Å². The van der Waals surface area contributed by atoms with Crippen molar-refractivity contribution in [2.45, 2.75) is 12.7 Å². The second kappa shape index (κ2) is 9.13. The zero-order chi connectivity index (χ0) is 24.6. The van der Waals surface area contributed by atoms with Crippen LogP contribution in [-0.4, -0.2) is 32.2 Å². The number of halogens is 5. The van der Waals surface area contributed by atoms with E-state index in [4.69, 9.17) is 28.3 Å². The largest absolute Gasteiger partial charge is 0.477 e. The molecule has 34 heavy (non-hydrogen) atoms. The molecule has 2 N–H and O–H groups in total. The maximum atomic E-state index is 13.2. The molecule has 0 aliphatic carbocycles. The van der Waals surface area contributed by atoms with Gasteiger partial charge in [-0.3, -0.25) is 0 Å². The number of rotatable bonds is 6. The first-order valence-electron chi connectivity index (χ1n) is 9.47. The summed E-state index contributed by atoms with van der Waals surface area (Å²) in [5.74, 6) is -1.35. The second-order valence-corrected chi connectivity index (χ2v) is 8.88. The zero-order valence-corrected chi connectivity index (χ0v) is 19.1. The topological polar surface area (TPSA) is 104 Å². The maximum Gasteiger partial charge on any atom is 0.418 e. The van der Waals surface area contributed by atoms with Crippen molar-refractivity contribution in [3.63, 3.8) is 0 Å². The molecule has 3 heterocycles. The summed E-state index contributed by atoms with van der Waals surface area (Å²) in [6.07, 6.45) is -3.64. The zero-order valence-electron chi connectivity index (χ0n) is 16.8. The molecule has 0 saturated carbocycles. The van der Waals surface area contributed by atoms with Crippen molar-refractivity contribution in [3.8, 4) is 16.6 Å². The number of anilines is 1. The summed E-state index contributed by atoms with van der Waals surface area (Å²) < 4.78 is 41.3. The summed E-state index contributed by atoms with van der Waals surface area (Å²) in [4.78, 5) is 18.5. The quantitative estimate of drug-likeness (QED) is 0.312. The number of carboxylic acid groups (broad SMARTS) is 1. The van der Waals surface area contributed by atoms with Gasteiger partial charge in [-0.2, -0.15) is 18.4 Å². The third-order valence-electron chi connectivity index (χ3n) is 4.84. The molecule has 1 aromatic carbocycles. The second-order valence-electron chi connectivity index (χ2n) is 6.99. The van der Waals surface area contributed by atoms with Crippen LogP contribution in [0, 0.1) is 11.3 Å². The van der Waals surface area contributed by atoms with Crippen molar-refractivity contribution in [2.24, 2.45) is 0 Å². The van der Waals surface area contributed by atoms with Crippen LogP contribution in [-0.2, 0) is 12.7 Å². The molecule has 0 radical (unpaired) electrons. The number of carbonyl (C=O) groups is 1. The van der Waals surface area contributed by atoms with Gasteiger partial charge >= 0.3 is 12.1 Å². The van der Waals surface area contributed by atoms with E-state index < -0.39 is 22.6 Å². The van der Waals surface area contributed by atoms with Crippen molar-refractivity contribution in [2.75, 3.05) is 11.9 Å². The van der Waals surface area contributed by atoms with Crippen molar-refractivity contribution >= 4 is 57.2 Å². The molecule has 0 saturated heterocycles. The average molecular weight is 526 g/mol. The number of nitrogens with one attached hydrogen (secondary N) is 1. The fourth-order valence-corrected chi connectivity index (χ4v) is 4.91. The van der Waals surface area contributed by atoms with Crippen LogP contribution in [0.4, 0.5) is 19.0 Å². The van der Waals surface area contributed by atoms with Crippen LogP contribution in [0.1, 0.15) is 20.9 Å². The van der Waals surface area contributed by atoms with Gasteiger partial charge in [0.15, 0.2) is 0 Å². The number of hydrogen-bond donors (Lipinski definition) is 2. The molecule has 3 aromatic heterocycles. The van der Waals surface area contributed by atoms with Crippen LogP contribution in [0.2, 0.25) is 10.0 Å². The molecule has 4 aromatic rings. The highest BCUT2D eigenvalue weighted by Gasteiger charge is 2.37. The number of alkyl halides is 3. The Balaban J connectivity index is 1.56. The summed E-state index contributed by atoms with van der Waals surface area (Å²) in [6, 6.07) is 9.23. The van der Waals surface area contributed by atoms with E-state index in [2.05, 4.69) is 21.4 Å². The monoisotopic (exact) mass is 525 g/mol. The number of carboxylic acids is 1. The number of fused-ring (bicyclic) bond motifs is 1. The number of benzene rings is 1. The van der Waals surface area contributed by atoms with Gasteiger partial charge in [0.05, 0.1) is 26.7 Å². The van der Waals surface area contributed by atoms with E-state index in [0.717, 1.165) is 12.4 Å². The van der Waals surface area contributed by atoms with Gasteiger partial charge in [-0.1, -0.05) is 23.2 Å². The highest BCUT2D eigenvalue weighted by molar-refractivity contribution is 7.17. The predicted molar refractivity (Wildman–Crippen MR) is 122 cm³/mol. The molecule has 7 nitrogen and oxygen atoms in total. The van der Waals surface area contributed by atoms with Crippen molar-refractivity contribution in [1.82, 2.24) is 14.5 Å². The Morgan fingerprint density at radius 3 is 2.62 bits per heavy atom. The summed E-state index contributed by atoms with van der Waals surface area (Å²) >= 11 is 12.8. The molecule has 0 atom stereocenters. The van der Waals surface area contributed by atoms with E-state index in [1.807, 2.05) is 0 Å². The average Bonchev–Trinajstić information content (AvgIpc) is 3.37. The molecule has 4 rings (SSSR count). The Hall–Kier alpha value is -3.33. The SMILES string of the molecule is N#Cc1cc2c(Cl)cc(Cl)cc2n1CCNc1cc(-c2cc(C(F)(F)F)c(C(=O)O)s2)ncn1. The third-order valence-corrected chi connectivity index (χ3v) is 6.52. The van der Waals surface area contributed by atoms with Crippen LogP contribution < -0.4 is 5.32 Å². The molecule has 0 aliphatic heterocycles. The minimum Gasteiger partial charge on any atom is -0.477 e. The first kappa shape index (κ1) is 23.8. The Labute approximate surface area is 204 Å². The van der Waals surface area contributed by atoms with E-state index in [1.165, 1.54) is 6.07 Å². The summed E-state index contributed by atoms with van der Waals surface area (Å²) in [5.41, 5.74) is -0.0281. The van der Waals surface area contributed by atoms with Crippen LogP contribution >= 0.6 is 34.5 Å². The lowest BCUT2D eigenvalue weighted by Gasteiger charge is -2.10. The van der Waals surface area contributed by atoms with Gasteiger partial charge in [0.25, 0.3) is 0 Å². The van der Waals surface area contributed by atoms with Gasteiger partial charge in [0.1, 0.15) is 28.8 Å². The van der Waals surface area contributed by atoms with Gasteiger partial charge < -0.3 is 15.0 Å². The lowest BCUT2D eigenvalue weighted by Crippen LogP contribution is -2.12. The maximum absolute atomic E-state index is 13.2. The van der Waals surface area contributed by atoms with Crippen molar-refractivity contribution < 1.29 is 23.1 Å². The Morgan fingerprint density at radius 2 is 1.97 bits per heavy atom. The van der Waals surface area contributed by atoms with Gasteiger partial charge in [-0.05, 0) is 24.3 Å². The fourth-order valence-electron chi connectivity index (χ4n) is 3.39. The molecule has 0 amide bonds. The predicted octanol–water partition coefficient (Wildman–Crippen LogP) is 6.17. The standard InChI is InChI=1S/C21H12Cl2F3N5O2S/c22-10-3-14(23)12-5-11(8-27)31(16(12)4-10)2-1-28-18-7-15(29-9-30-18)17-6-13(21(24,25)26)19(34-17)20(32)33/h3-7,9H,1-2H2,(H,32,33)(H,28,29,30). The fraction of sp³-hybridized carbons (Fsp3) is 0.143. The van der Waals surface area contributed by atoms with Gasteiger partial charge in [-0.15, -0.1) is 11.3 Å². The molecule has 0 spiro atoms. The number of hydrogen-bond acceptors (Lipinski definition) is 6. The molecular weight excluding hydrogens is 514 g/mol. The summed E-state index contributed by atoms with van der Waals surface area (Å²) in [5, 5.41) is 23.1. The molecule has 13 heteroatoms. The van der Waals surface area contributed by atoms with E-state index in [-0.39, 0.29) is 10.6 Å². The molecular formula is C21H12Cl2F3N5O2S. The minimum atomic E-state index is -4.81. The normalized spacial score (nSPS) is 11.5. The number of thiophene rings is 1. The Bertz CT molecular complexity index is 1460. The molecule has 0 bridgehead atoms. The Morgan fingerprint density at radius 1 is 1.21 bits per heavy atom. The van der Waals surface area contributed by atoms with Gasteiger partial charge in [0, 0.05) is 29.6 Å². The minimum absolute atomic E-state index is 0.0441. The number of aromatic carboxylic acids is 1. The van der Waals surface area contributed by atoms with Gasteiger partial charge in [-0.25, -0.2) is 14.8 Å². The Kier molecular flexibility index (Phi) is 6.40. The molecule has 174 valence electrons. The highest BCUT2D eigenvalue weighted by Crippen LogP contribution is 2.40. The van der Waals surface area contributed by atoms with Gasteiger partial charge in [0.2, 0.25) is 0 Å². The first-order valence-corrected chi connectivity index (χ1v) is 11.0. The molecule has 0 aliphatic rings. The summed E-state index contributed by atoms with van der Waals surface area (Å²) in [6.45, 7) is 0.639. The van der Waals surface area contributed by atoms with Crippen LogP contribution in [0.25, 0.3) is 21.5 Å². The van der Waals surface area contributed by atoms with Crippen LogP contribution in [0.5, 0.6) is 0 Å². The number of aromatic nitrogens is 3. The lowest BCUT2D eigenvalue weighted by molar-refractivity contribution is -0.137. The van der Waals surface area contributed by atoms with Crippen molar-refractivity contribution in [3.05, 3.63) is 62.8 Å². The van der Waals surface area contributed by atoms with E-state index >= 15 is 0 Å². The smallest absolute Gasteiger partial charge is 0.418 e. The first-order chi connectivity index (χ1) is 16.1. The van der Waals surface area contributed by atoms with E-state index in [9.17, 15) is 23.2 Å². The third kappa shape index (κ3) is 4.65.